The lowest BCUT2D eigenvalue weighted by Gasteiger charge is -2.30. The smallest absolute Gasteiger partial charge is 0.220 e. The minimum absolute atomic E-state index is 0.00374. The number of pyridine rings is 1. The summed E-state index contributed by atoms with van der Waals surface area (Å²) in [6.07, 6.45) is 1.60. The van der Waals surface area contributed by atoms with Gasteiger partial charge in [0.15, 0.2) is 0 Å². The zero-order valence-electron chi connectivity index (χ0n) is 9.90. The Morgan fingerprint density at radius 1 is 1.39 bits per heavy atom. The van der Waals surface area contributed by atoms with Crippen molar-refractivity contribution < 1.29 is 4.79 Å². The van der Waals surface area contributed by atoms with Gasteiger partial charge in [0, 0.05) is 12.5 Å². The van der Waals surface area contributed by atoms with Crippen molar-refractivity contribution in [2.24, 2.45) is 11.7 Å². The summed E-state index contributed by atoms with van der Waals surface area (Å²) < 4.78 is 0. The van der Waals surface area contributed by atoms with Gasteiger partial charge in [-0.3, -0.25) is 9.69 Å². The molecule has 1 aliphatic rings. The van der Waals surface area contributed by atoms with Gasteiger partial charge in [-0.25, -0.2) is 4.98 Å². The van der Waals surface area contributed by atoms with E-state index in [2.05, 4.69) is 9.88 Å². The summed E-state index contributed by atoms with van der Waals surface area (Å²) in [6.45, 7) is 2.32. The van der Waals surface area contributed by atoms with Crippen LogP contribution in [0.4, 0.5) is 0 Å². The van der Waals surface area contributed by atoms with Gasteiger partial charge in [0.25, 0.3) is 0 Å². The zero-order chi connectivity index (χ0) is 13.1. The van der Waals surface area contributed by atoms with Crippen molar-refractivity contribution in [3.8, 4) is 0 Å². The highest BCUT2D eigenvalue weighted by molar-refractivity contribution is 6.32. The quantitative estimate of drug-likeness (QED) is 0.866. The van der Waals surface area contributed by atoms with Gasteiger partial charge in [-0.15, -0.1) is 0 Å². The van der Waals surface area contributed by atoms with Gasteiger partial charge < -0.3 is 5.73 Å². The molecule has 1 saturated heterocycles. The largest absolute Gasteiger partial charge is 0.369 e. The fourth-order valence-corrected chi connectivity index (χ4v) is 2.49. The number of carbonyl (C=O) groups excluding carboxylic acids is 1. The highest BCUT2D eigenvalue weighted by atomic mass is 35.5. The maximum Gasteiger partial charge on any atom is 0.220 e. The number of piperidine rings is 1. The average Bonchev–Trinajstić information content (AvgIpc) is 2.34. The van der Waals surface area contributed by atoms with Crippen molar-refractivity contribution in [2.75, 3.05) is 13.1 Å². The lowest BCUT2D eigenvalue weighted by atomic mass is 9.96. The molecule has 1 aromatic rings. The van der Waals surface area contributed by atoms with Crippen molar-refractivity contribution in [1.82, 2.24) is 9.88 Å². The number of primary amides is 1. The minimum atomic E-state index is -0.200. The lowest BCUT2D eigenvalue weighted by molar-refractivity contribution is -0.123. The van der Waals surface area contributed by atoms with Gasteiger partial charge in [0.2, 0.25) is 5.91 Å². The summed E-state index contributed by atoms with van der Waals surface area (Å²) in [5, 5.41) is 1.07. The molecule has 1 aliphatic heterocycles. The van der Waals surface area contributed by atoms with E-state index in [0.29, 0.717) is 16.7 Å². The molecule has 6 heteroatoms. The van der Waals surface area contributed by atoms with Crippen LogP contribution in [0.2, 0.25) is 10.2 Å². The van der Waals surface area contributed by atoms with E-state index < -0.39 is 0 Å². The molecule has 4 nitrogen and oxygen atoms in total. The lowest BCUT2D eigenvalue weighted by Crippen LogP contribution is -2.38. The number of carbonyl (C=O) groups is 1. The van der Waals surface area contributed by atoms with Crippen molar-refractivity contribution >= 4 is 29.1 Å². The van der Waals surface area contributed by atoms with Crippen molar-refractivity contribution in [3.05, 3.63) is 28.0 Å². The second-order valence-electron chi connectivity index (χ2n) is 4.52. The van der Waals surface area contributed by atoms with E-state index in [1.165, 1.54) is 0 Å². The van der Waals surface area contributed by atoms with Crippen LogP contribution in [0.5, 0.6) is 0 Å². The molecule has 2 N–H and O–H groups in total. The molecule has 98 valence electrons. The molecule has 1 fully saturated rings. The van der Waals surface area contributed by atoms with Gasteiger partial charge in [-0.1, -0.05) is 23.2 Å². The fraction of sp³-hybridized carbons (Fsp3) is 0.500. The Morgan fingerprint density at radius 2 is 2.06 bits per heavy atom. The molecule has 0 bridgehead atoms. The third-order valence-corrected chi connectivity index (χ3v) is 3.80. The van der Waals surface area contributed by atoms with Crippen LogP contribution in [0.3, 0.4) is 0 Å². The first kappa shape index (κ1) is 13.6. The summed E-state index contributed by atoms with van der Waals surface area (Å²) in [5.74, 6) is -0.197. The van der Waals surface area contributed by atoms with E-state index in [1.54, 1.807) is 12.1 Å². The van der Waals surface area contributed by atoms with Crippen LogP contribution in [-0.4, -0.2) is 28.9 Å². The molecule has 0 atom stereocenters. The van der Waals surface area contributed by atoms with Crippen LogP contribution in [-0.2, 0) is 11.3 Å². The number of nitrogens with zero attached hydrogens (tertiary/aromatic N) is 2. The Kier molecular flexibility index (Phi) is 4.43. The molecular weight excluding hydrogens is 273 g/mol. The molecule has 0 radical (unpaired) electrons. The minimum Gasteiger partial charge on any atom is -0.369 e. The van der Waals surface area contributed by atoms with Gasteiger partial charge in [0.05, 0.1) is 10.7 Å². The average molecular weight is 288 g/mol. The summed E-state index contributed by atoms with van der Waals surface area (Å²) >= 11 is 11.9. The van der Waals surface area contributed by atoms with Gasteiger partial charge >= 0.3 is 0 Å². The highest BCUT2D eigenvalue weighted by Crippen LogP contribution is 2.22. The van der Waals surface area contributed by atoms with Crippen LogP contribution in [0, 0.1) is 5.92 Å². The molecule has 0 aromatic carbocycles. The van der Waals surface area contributed by atoms with Crippen LogP contribution >= 0.6 is 23.2 Å². The Morgan fingerprint density at radius 3 is 2.67 bits per heavy atom. The van der Waals surface area contributed by atoms with E-state index in [4.69, 9.17) is 28.9 Å². The molecular formula is C12H15Cl2N3O. The second-order valence-corrected chi connectivity index (χ2v) is 5.31. The van der Waals surface area contributed by atoms with Crippen molar-refractivity contribution in [3.63, 3.8) is 0 Å². The number of aromatic nitrogens is 1. The molecule has 1 aromatic heterocycles. The number of amides is 1. The van der Waals surface area contributed by atoms with Gasteiger partial charge in [-0.2, -0.15) is 0 Å². The van der Waals surface area contributed by atoms with Crippen LogP contribution in [0.1, 0.15) is 18.5 Å². The summed E-state index contributed by atoms with van der Waals surface area (Å²) in [7, 11) is 0. The molecule has 18 heavy (non-hydrogen) atoms. The normalized spacial score (nSPS) is 17.9. The Hall–Kier alpha value is -0.840. The molecule has 2 heterocycles. The van der Waals surface area contributed by atoms with E-state index in [0.717, 1.165) is 31.6 Å². The second kappa shape index (κ2) is 5.87. The SMILES string of the molecule is NC(=O)C1CCN(Cc2nc(Cl)ccc2Cl)CC1. The topological polar surface area (TPSA) is 59.2 Å². The first-order chi connectivity index (χ1) is 8.56. The molecule has 0 unspecified atom stereocenters. The summed E-state index contributed by atoms with van der Waals surface area (Å²) in [4.78, 5) is 17.5. The third kappa shape index (κ3) is 3.34. The first-order valence-corrected chi connectivity index (χ1v) is 6.64. The standard InChI is InChI=1S/C12H15Cl2N3O/c13-9-1-2-11(14)16-10(9)7-17-5-3-8(4-6-17)12(15)18/h1-2,8H,3-7H2,(H2,15,18). The molecule has 0 saturated carbocycles. The predicted octanol–water partition coefficient (Wildman–Crippen LogP) is 2.09. The van der Waals surface area contributed by atoms with E-state index >= 15 is 0 Å². The van der Waals surface area contributed by atoms with E-state index in [1.807, 2.05) is 0 Å². The number of nitrogens with two attached hydrogens (primary N) is 1. The number of likely N-dealkylation sites (tertiary alicyclic amines) is 1. The molecule has 0 aliphatic carbocycles. The third-order valence-electron chi connectivity index (χ3n) is 3.25. The number of rotatable bonds is 3. The summed E-state index contributed by atoms with van der Waals surface area (Å²) in [6, 6.07) is 3.43. The van der Waals surface area contributed by atoms with E-state index in [9.17, 15) is 4.79 Å². The maximum atomic E-state index is 11.1. The van der Waals surface area contributed by atoms with Crippen LogP contribution in [0.25, 0.3) is 0 Å². The highest BCUT2D eigenvalue weighted by Gasteiger charge is 2.23. The van der Waals surface area contributed by atoms with E-state index in [-0.39, 0.29) is 11.8 Å². The number of hydrogen-bond donors (Lipinski definition) is 1. The van der Waals surface area contributed by atoms with Crippen molar-refractivity contribution in [1.29, 1.82) is 0 Å². The molecule has 1 amide bonds. The number of halogens is 2. The van der Waals surface area contributed by atoms with Crippen LogP contribution in [0.15, 0.2) is 12.1 Å². The Bertz CT molecular complexity index is 445. The summed E-state index contributed by atoms with van der Waals surface area (Å²) in [5.41, 5.74) is 6.08. The van der Waals surface area contributed by atoms with Gasteiger partial charge in [0.1, 0.15) is 5.15 Å². The van der Waals surface area contributed by atoms with Crippen LogP contribution < -0.4 is 5.73 Å². The Labute approximate surface area is 116 Å². The maximum absolute atomic E-state index is 11.1. The first-order valence-electron chi connectivity index (χ1n) is 5.89. The number of hydrogen-bond acceptors (Lipinski definition) is 3. The molecule has 0 spiro atoms. The molecule has 2 rings (SSSR count). The Balaban J connectivity index is 1.95. The monoisotopic (exact) mass is 287 g/mol. The zero-order valence-corrected chi connectivity index (χ0v) is 11.4. The predicted molar refractivity (Wildman–Crippen MR) is 71.5 cm³/mol. The van der Waals surface area contributed by atoms with Gasteiger partial charge in [-0.05, 0) is 38.1 Å². The fourth-order valence-electron chi connectivity index (χ4n) is 2.16. The van der Waals surface area contributed by atoms with Crippen molar-refractivity contribution in [2.45, 2.75) is 19.4 Å².